The van der Waals surface area contributed by atoms with Crippen molar-refractivity contribution in [3.8, 4) is 0 Å². The van der Waals surface area contributed by atoms with Crippen molar-refractivity contribution in [1.82, 2.24) is 124 Å². The van der Waals surface area contributed by atoms with Gasteiger partial charge < -0.3 is 65.4 Å². The highest BCUT2D eigenvalue weighted by Crippen LogP contribution is 2.40. The minimum absolute atomic E-state index is 0.0741. The molecule has 0 saturated carbocycles. The number of piperazine rings is 9. The molecule has 0 aliphatic carbocycles. The molecule has 26 nitrogen and oxygen atoms in total. The zero-order chi connectivity index (χ0) is 108. The Labute approximate surface area is 893 Å². The Morgan fingerprint density at radius 2 is 0.660 bits per heavy atom. The molecule has 852 valence electrons. The maximum absolute atomic E-state index is 12.5. The van der Waals surface area contributed by atoms with E-state index in [1.165, 1.54) is 195 Å². The minimum Gasteiger partial charge on any atom is -0.336 e. The lowest BCUT2D eigenvalue weighted by Gasteiger charge is -2.60. The molecule has 2 amide bonds. The molecule has 0 radical (unpaired) electrons. The summed E-state index contributed by atoms with van der Waals surface area (Å²) in [5, 5.41) is 13.0. The van der Waals surface area contributed by atoms with Crippen LogP contribution in [0.5, 0.6) is 0 Å². The lowest BCUT2D eigenvalue weighted by molar-refractivity contribution is -0.115. The first-order chi connectivity index (χ1) is 67.2. The monoisotopic (exact) mass is 2040 g/mol. The summed E-state index contributed by atoms with van der Waals surface area (Å²) in [6.07, 6.45) is 10.1. The molecule has 3 unspecified atom stereocenters. The quantitative estimate of drug-likeness (QED) is 0.139. The lowest BCUT2D eigenvalue weighted by Crippen LogP contribution is -2.72. The van der Waals surface area contributed by atoms with Crippen LogP contribution in [-0.2, 0) is 0 Å². The molecule has 20 rings (SSSR count). The summed E-state index contributed by atoms with van der Waals surface area (Å²) in [4.78, 5) is 63.4. The molecule has 144 heavy (non-hydrogen) atoms. The van der Waals surface area contributed by atoms with Crippen molar-refractivity contribution < 1.29 is 9.18 Å². The Morgan fingerprint density at radius 1 is 0.278 bits per heavy atom. The molecule has 20 aliphatic rings. The van der Waals surface area contributed by atoms with E-state index in [-0.39, 0.29) is 6.03 Å². The zero-order valence-electron chi connectivity index (χ0n) is 103. The smallest absolute Gasteiger partial charge is 0.317 e. The molecule has 20 fully saturated rings. The minimum atomic E-state index is -0.563. The number of alkyl halides is 1. The van der Waals surface area contributed by atoms with Crippen molar-refractivity contribution in [2.75, 3.05) is 265 Å². The van der Waals surface area contributed by atoms with Crippen molar-refractivity contribution in [3.05, 3.63) is 0 Å². The van der Waals surface area contributed by atoms with Crippen molar-refractivity contribution in [1.29, 1.82) is 0 Å². The van der Waals surface area contributed by atoms with E-state index in [1.54, 1.807) is 0 Å². The van der Waals surface area contributed by atoms with E-state index >= 15 is 0 Å². The number of likely N-dealkylation sites (tertiary alicyclic amines) is 5. The first kappa shape index (κ1) is 131. The van der Waals surface area contributed by atoms with E-state index in [2.05, 4.69) is 411 Å². The van der Waals surface area contributed by atoms with Crippen LogP contribution in [0.3, 0.4) is 0 Å². The first-order valence-electron chi connectivity index (χ1n) is 59.7. The van der Waals surface area contributed by atoms with Crippen molar-refractivity contribution in [2.45, 2.75) is 488 Å². The van der Waals surface area contributed by atoms with E-state index in [9.17, 15) is 9.18 Å². The van der Waals surface area contributed by atoms with Crippen molar-refractivity contribution in [3.63, 3.8) is 0 Å². The van der Waals surface area contributed by atoms with Crippen LogP contribution in [0.25, 0.3) is 0 Å². The summed E-state index contributed by atoms with van der Waals surface area (Å²) >= 11 is 0. The fourth-order valence-corrected chi connectivity index (χ4v) is 29.3. The molecule has 27 heteroatoms. The fraction of sp³-hybridized carbons (Fsp3) is 0.991. The van der Waals surface area contributed by atoms with Crippen LogP contribution in [0.4, 0.5) is 9.18 Å². The number of hydrogen-bond donors (Lipinski definition) is 4. The number of hydrogen-bond acceptors (Lipinski definition) is 24. The van der Waals surface area contributed by atoms with Crippen LogP contribution in [-0.4, -0.2) is 555 Å². The van der Waals surface area contributed by atoms with Gasteiger partial charge in [-0.3, -0.25) is 58.8 Å². The second kappa shape index (κ2) is 62.3. The van der Waals surface area contributed by atoms with Crippen LogP contribution >= 0.6 is 0 Å². The summed E-state index contributed by atoms with van der Waals surface area (Å²) < 4.78 is 12.5. The number of carbonyl (C=O) groups excluding carboxylic acids is 1. The van der Waals surface area contributed by atoms with E-state index in [1.807, 2.05) is 18.7 Å². The van der Waals surface area contributed by atoms with E-state index < -0.39 is 6.17 Å². The number of halogens is 1. The number of fused-ring (bicyclic) bond motifs is 10. The summed E-state index contributed by atoms with van der Waals surface area (Å²) in [6.45, 7) is 124. The second-order valence-electron chi connectivity index (χ2n) is 53.5. The fourth-order valence-electron chi connectivity index (χ4n) is 29.3. The normalized spacial score (nSPS) is 32.5. The number of nitrogens with zero attached hydrogens (tertiary/aromatic N) is 21. The number of amides is 2. The Morgan fingerprint density at radius 3 is 0.965 bits per heavy atom. The lowest BCUT2D eigenvalue weighted by atomic mass is 9.72. The maximum atomic E-state index is 12.5. The van der Waals surface area contributed by atoms with Crippen LogP contribution in [0, 0.1) is 5.41 Å². The van der Waals surface area contributed by atoms with Gasteiger partial charge in [-0.05, 0) is 370 Å². The Kier molecular flexibility index (Phi) is 56.6. The Hall–Kier alpha value is -1.72. The zero-order valence-corrected chi connectivity index (χ0v) is 103. The third-order valence-electron chi connectivity index (χ3n) is 35.0. The molecule has 0 aromatic carbocycles. The molecular formula is C117H246FN25O. The number of urea groups is 1. The van der Waals surface area contributed by atoms with Crippen LogP contribution < -0.4 is 21.3 Å². The highest BCUT2D eigenvalue weighted by Gasteiger charge is 2.51. The van der Waals surface area contributed by atoms with Gasteiger partial charge in [0.2, 0.25) is 0 Å². The topological polar surface area (TPSA) is 133 Å². The van der Waals surface area contributed by atoms with E-state index in [0.29, 0.717) is 108 Å². The summed E-state index contributed by atoms with van der Waals surface area (Å²) in [7, 11) is 15.6. The standard InChI is InChI=1S/3C10H20N2.3C10H22N2.2C9H18N2.2C9H20N2.C8H18N2.C7H14FN.C6H12N2O/c2*1-8(2)12-9-4-5-10(12)7-11(3)6-9;1-9(2)12-8-7-11-5-3-10(12)4-6-11;2*1-8(2)12-9(3)6-11(5)7-10(12)4;1-9(2)12-7-6-11(5)8-10(12,3)4;1-8(2)11-6-9(7-11)4-10(3)5-9;1-7(2)11-8-4-9(11)6-10(3)5-8;1-7(2)11-8(3)5-10-6-9(11)4;1-8(2)11-6-5-10-7-9(11,3)4;1-7(2)10-5-4-9-6-8(10)3;1-6(2)9-4-3-7(8)5-9;1-5(2)8-4-3-7-6(8)9/h2*8-10H,4-7H2,1-3H3;9-10H,3-8H2,1-2H3;2*8-10H,6-7H2,1-5H3;9H,6-8H2,1-5H3;8H,4-7H2,1-3H3;7-9H,4-6H2,1-3H3;7-10H,5-6H2,1-4H3;8,10H,5-7H2,1-4H3;7-9H,4-6H2,1-3H3;6-7H,3-5H2,1-2H3;5H,3-4H2,1-2H3,(H,7,9)/t2*9-,10+;;9-,10+;9-,10-;;;;8-,9+;;8-;;/m....1.....1../s1. The van der Waals surface area contributed by atoms with Crippen LogP contribution in [0.2, 0.25) is 0 Å². The highest BCUT2D eigenvalue weighted by atomic mass is 19.1. The second-order valence-corrected chi connectivity index (χ2v) is 53.5. The van der Waals surface area contributed by atoms with Crippen molar-refractivity contribution >= 4 is 6.03 Å². The number of piperidine rings is 2. The van der Waals surface area contributed by atoms with Gasteiger partial charge in [-0.1, -0.05) is 0 Å². The van der Waals surface area contributed by atoms with Gasteiger partial charge >= 0.3 is 6.03 Å². The first-order valence-corrected chi connectivity index (χ1v) is 59.7. The van der Waals surface area contributed by atoms with Gasteiger partial charge in [0.15, 0.2) is 0 Å². The summed E-state index contributed by atoms with van der Waals surface area (Å²) in [5.41, 5.74) is 1.41. The van der Waals surface area contributed by atoms with Gasteiger partial charge in [-0.2, -0.15) is 0 Å². The van der Waals surface area contributed by atoms with Gasteiger partial charge in [-0.25, -0.2) is 9.18 Å². The van der Waals surface area contributed by atoms with Crippen LogP contribution in [0.15, 0.2) is 0 Å². The predicted octanol–water partition coefficient (Wildman–Crippen LogP) is 13.9. The average Bonchev–Trinajstić information content (AvgIpc) is 0.834. The SMILES string of the molecule is CC(C)N1C2CC1CN(C)C2.CC(C)N1CC2(CN(C)C2)C1.CC(C)N1CCC(F)C1.CC(C)N1CCN(C)CC1(C)C.CC(C)N1CCN2CCC1CC2.CC(C)N1CCNC1=O.CC(C)N1CCNCC1(C)C.CC(C)N1CCNC[C@H]1C.CC(C)N1[C@@H]2CC[C@H]1CN(C)C2.CC(C)N1[C@@H]2CC[C@H]1CN(C)C2.CC(C)N1[C@H](C)CN(C)C[C@@H]1C.CC(C)N1[C@H](C)CN(C)C[C@H]1C.CC(C)N1[C@H](C)CNC[C@@H]1C. The number of nitrogens with one attached hydrogen (secondary N) is 4. The molecule has 4 N–H and O–H groups in total. The number of rotatable bonds is 13. The summed E-state index contributed by atoms with van der Waals surface area (Å²) in [5.74, 6) is 0. The van der Waals surface area contributed by atoms with Crippen LogP contribution in [0.1, 0.15) is 308 Å². The highest BCUT2D eigenvalue weighted by molar-refractivity contribution is 5.76. The van der Waals surface area contributed by atoms with Gasteiger partial charge in [0.05, 0.1) is 0 Å². The summed E-state index contributed by atoms with van der Waals surface area (Å²) in [6, 6.07) is 19.8. The molecule has 8 bridgehead atoms. The maximum Gasteiger partial charge on any atom is 0.317 e. The third-order valence-corrected chi connectivity index (χ3v) is 35.0. The molecular weight excluding hydrogens is 1790 g/mol. The number of likely N-dealkylation sites (N-methyl/N-ethyl adjacent to an activating group) is 6. The Bertz CT molecular complexity index is 3230. The Balaban J connectivity index is 0.000000239. The van der Waals surface area contributed by atoms with Crippen molar-refractivity contribution in [2.24, 2.45) is 5.41 Å². The molecule has 0 aromatic rings. The van der Waals surface area contributed by atoms with E-state index in [4.69, 9.17) is 0 Å². The van der Waals surface area contributed by atoms with E-state index in [0.717, 1.165) is 143 Å². The number of carbonyl (C=O) groups is 1. The molecule has 20 heterocycles. The average molecular weight is 2040 g/mol. The van der Waals surface area contributed by atoms with Gasteiger partial charge in [0.25, 0.3) is 0 Å². The molecule has 0 aromatic heterocycles. The van der Waals surface area contributed by atoms with Gasteiger partial charge in [0.1, 0.15) is 6.17 Å². The molecule has 1 spiro atoms. The molecule has 14 atom stereocenters. The molecule has 20 aliphatic heterocycles. The predicted molar refractivity (Wildman–Crippen MR) is 621 cm³/mol. The molecule has 20 saturated heterocycles. The largest absolute Gasteiger partial charge is 0.336 e. The third kappa shape index (κ3) is 41.1. The van der Waals surface area contributed by atoms with Gasteiger partial charge in [0, 0.05) is 383 Å². The van der Waals surface area contributed by atoms with Gasteiger partial charge in [-0.15, -0.1) is 0 Å².